The standard InChI is InChI=1S/C17H18ClNO4/c1-19(17(21)13-9-12(18)7-8-14(13)20)10-11-5-4-6-15(22-2)16(11)23-3/h4-9,20H,10H2,1-3H3. The Bertz CT molecular complexity index is 718. The third-order valence-corrected chi connectivity index (χ3v) is 3.66. The van der Waals surface area contributed by atoms with Gasteiger partial charge in [-0.3, -0.25) is 4.79 Å². The number of methoxy groups -OCH3 is 2. The highest BCUT2D eigenvalue weighted by Gasteiger charge is 2.19. The van der Waals surface area contributed by atoms with Gasteiger partial charge in [0.25, 0.3) is 5.91 Å². The fourth-order valence-electron chi connectivity index (χ4n) is 2.29. The van der Waals surface area contributed by atoms with E-state index in [-0.39, 0.29) is 17.2 Å². The van der Waals surface area contributed by atoms with E-state index in [2.05, 4.69) is 0 Å². The van der Waals surface area contributed by atoms with Crippen LogP contribution in [0.2, 0.25) is 5.02 Å². The highest BCUT2D eigenvalue weighted by atomic mass is 35.5. The first-order valence-corrected chi connectivity index (χ1v) is 7.29. The van der Waals surface area contributed by atoms with Gasteiger partial charge < -0.3 is 19.5 Å². The molecule has 0 unspecified atom stereocenters. The highest BCUT2D eigenvalue weighted by molar-refractivity contribution is 6.31. The predicted octanol–water partition coefficient (Wildman–Crippen LogP) is 3.34. The molecule has 0 saturated carbocycles. The topological polar surface area (TPSA) is 59.0 Å². The van der Waals surface area contributed by atoms with Gasteiger partial charge in [-0.2, -0.15) is 0 Å². The van der Waals surface area contributed by atoms with Crippen LogP contribution >= 0.6 is 11.6 Å². The maximum Gasteiger partial charge on any atom is 0.257 e. The van der Waals surface area contributed by atoms with Crippen LogP contribution in [0.15, 0.2) is 36.4 Å². The number of ether oxygens (including phenoxy) is 2. The van der Waals surface area contributed by atoms with Crippen molar-refractivity contribution in [3.05, 3.63) is 52.5 Å². The third-order valence-electron chi connectivity index (χ3n) is 3.43. The fraction of sp³-hybridized carbons (Fsp3) is 0.235. The van der Waals surface area contributed by atoms with Gasteiger partial charge in [-0.15, -0.1) is 0 Å². The molecule has 122 valence electrons. The molecule has 0 bridgehead atoms. The van der Waals surface area contributed by atoms with E-state index in [1.165, 1.54) is 23.1 Å². The summed E-state index contributed by atoms with van der Waals surface area (Å²) in [5.41, 5.74) is 0.950. The van der Waals surface area contributed by atoms with Gasteiger partial charge in [0.1, 0.15) is 5.75 Å². The molecule has 2 rings (SSSR count). The fourth-order valence-corrected chi connectivity index (χ4v) is 2.46. The summed E-state index contributed by atoms with van der Waals surface area (Å²) in [6.07, 6.45) is 0. The molecule has 0 aliphatic carbocycles. The SMILES string of the molecule is COc1cccc(CN(C)C(=O)c2cc(Cl)ccc2O)c1OC. The van der Waals surface area contributed by atoms with Crippen molar-refractivity contribution in [3.63, 3.8) is 0 Å². The summed E-state index contributed by atoms with van der Waals surface area (Å²) in [6, 6.07) is 9.83. The van der Waals surface area contributed by atoms with Gasteiger partial charge >= 0.3 is 0 Å². The first-order chi connectivity index (χ1) is 11.0. The van der Waals surface area contributed by atoms with Crippen molar-refractivity contribution >= 4 is 17.5 Å². The molecule has 0 fully saturated rings. The van der Waals surface area contributed by atoms with E-state index in [0.29, 0.717) is 23.1 Å². The molecule has 0 atom stereocenters. The van der Waals surface area contributed by atoms with Crippen LogP contribution in [-0.4, -0.2) is 37.2 Å². The quantitative estimate of drug-likeness (QED) is 0.910. The molecular weight excluding hydrogens is 318 g/mol. The lowest BCUT2D eigenvalue weighted by atomic mass is 10.1. The molecule has 0 aliphatic heterocycles. The van der Waals surface area contributed by atoms with E-state index in [0.717, 1.165) is 5.56 Å². The lowest BCUT2D eigenvalue weighted by Crippen LogP contribution is -2.26. The smallest absolute Gasteiger partial charge is 0.257 e. The van der Waals surface area contributed by atoms with E-state index >= 15 is 0 Å². The van der Waals surface area contributed by atoms with Crippen LogP contribution in [0, 0.1) is 0 Å². The number of phenols is 1. The molecule has 23 heavy (non-hydrogen) atoms. The first kappa shape index (κ1) is 17.0. The van der Waals surface area contributed by atoms with Crippen LogP contribution in [0.3, 0.4) is 0 Å². The minimum absolute atomic E-state index is 0.108. The molecule has 6 heteroatoms. The van der Waals surface area contributed by atoms with Gasteiger partial charge in [0.2, 0.25) is 0 Å². The molecular formula is C17H18ClNO4. The molecule has 0 radical (unpaired) electrons. The molecule has 0 spiro atoms. The normalized spacial score (nSPS) is 10.3. The molecule has 2 aromatic carbocycles. The highest BCUT2D eigenvalue weighted by Crippen LogP contribution is 2.32. The number of amides is 1. The average molecular weight is 336 g/mol. The molecule has 0 saturated heterocycles. The van der Waals surface area contributed by atoms with Crippen LogP contribution in [-0.2, 0) is 6.54 Å². The second-order valence-corrected chi connectivity index (χ2v) is 5.41. The van der Waals surface area contributed by atoms with Crippen molar-refractivity contribution < 1.29 is 19.4 Å². The molecule has 1 amide bonds. The van der Waals surface area contributed by atoms with Gasteiger partial charge in [0.15, 0.2) is 11.5 Å². The van der Waals surface area contributed by atoms with Crippen LogP contribution < -0.4 is 9.47 Å². The second-order valence-electron chi connectivity index (χ2n) is 4.98. The average Bonchev–Trinajstić information content (AvgIpc) is 2.55. The first-order valence-electron chi connectivity index (χ1n) is 6.91. The monoisotopic (exact) mass is 335 g/mol. The number of benzene rings is 2. The number of carbonyl (C=O) groups is 1. The Morgan fingerprint density at radius 2 is 1.96 bits per heavy atom. The Morgan fingerprint density at radius 1 is 1.22 bits per heavy atom. The molecule has 0 aliphatic rings. The number of aromatic hydroxyl groups is 1. The van der Waals surface area contributed by atoms with Crippen LogP contribution in [0.4, 0.5) is 0 Å². The van der Waals surface area contributed by atoms with Crippen molar-refractivity contribution in [3.8, 4) is 17.2 Å². The molecule has 0 heterocycles. The number of hydrogen-bond donors (Lipinski definition) is 1. The Kier molecular flexibility index (Phi) is 5.34. The summed E-state index contributed by atoms with van der Waals surface area (Å²) in [6.45, 7) is 0.297. The van der Waals surface area contributed by atoms with Crippen molar-refractivity contribution in [2.45, 2.75) is 6.54 Å². The van der Waals surface area contributed by atoms with Crippen molar-refractivity contribution in [1.29, 1.82) is 0 Å². The van der Waals surface area contributed by atoms with Gasteiger partial charge in [-0.1, -0.05) is 23.7 Å². The zero-order valence-electron chi connectivity index (χ0n) is 13.2. The van der Waals surface area contributed by atoms with Crippen LogP contribution in [0.5, 0.6) is 17.2 Å². The summed E-state index contributed by atoms with van der Waals surface area (Å²) in [5, 5.41) is 10.2. The van der Waals surface area contributed by atoms with Gasteiger partial charge in [-0.05, 0) is 24.3 Å². The number of phenolic OH excluding ortho intramolecular Hbond substituents is 1. The largest absolute Gasteiger partial charge is 0.507 e. The lowest BCUT2D eigenvalue weighted by molar-refractivity contribution is 0.0781. The minimum atomic E-state index is -0.338. The summed E-state index contributed by atoms with van der Waals surface area (Å²) in [5.74, 6) is 0.722. The lowest BCUT2D eigenvalue weighted by Gasteiger charge is -2.20. The maximum absolute atomic E-state index is 12.5. The Labute approximate surface area is 140 Å². The second kappa shape index (κ2) is 7.24. The van der Waals surface area contributed by atoms with Crippen LogP contribution in [0.25, 0.3) is 0 Å². The van der Waals surface area contributed by atoms with E-state index < -0.39 is 0 Å². The van der Waals surface area contributed by atoms with Gasteiger partial charge in [0.05, 0.1) is 19.8 Å². The van der Waals surface area contributed by atoms with Crippen molar-refractivity contribution in [2.24, 2.45) is 0 Å². The van der Waals surface area contributed by atoms with Crippen molar-refractivity contribution in [1.82, 2.24) is 4.90 Å². The Balaban J connectivity index is 2.27. The number of halogens is 1. The molecule has 1 N–H and O–H groups in total. The summed E-state index contributed by atoms with van der Waals surface area (Å²) >= 11 is 5.89. The molecule has 5 nitrogen and oxygen atoms in total. The zero-order chi connectivity index (χ0) is 17.0. The van der Waals surface area contributed by atoms with Gasteiger partial charge in [-0.25, -0.2) is 0 Å². The number of hydrogen-bond acceptors (Lipinski definition) is 4. The summed E-state index contributed by atoms with van der Waals surface area (Å²) in [7, 11) is 4.74. The van der Waals surface area contributed by atoms with Crippen LogP contribution in [0.1, 0.15) is 15.9 Å². The summed E-state index contributed by atoms with van der Waals surface area (Å²) < 4.78 is 10.6. The predicted molar refractivity (Wildman–Crippen MR) is 88.5 cm³/mol. The Hall–Kier alpha value is -2.40. The number of para-hydroxylation sites is 1. The van der Waals surface area contributed by atoms with Gasteiger partial charge in [0, 0.05) is 24.2 Å². The Morgan fingerprint density at radius 3 is 2.61 bits per heavy atom. The molecule has 2 aromatic rings. The van der Waals surface area contributed by atoms with E-state index in [1.54, 1.807) is 27.3 Å². The zero-order valence-corrected chi connectivity index (χ0v) is 13.9. The maximum atomic E-state index is 12.5. The third kappa shape index (κ3) is 3.68. The molecule has 0 aromatic heterocycles. The van der Waals surface area contributed by atoms with Crippen molar-refractivity contribution in [2.75, 3.05) is 21.3 Å². The van der Waals surface area contributed by atoms with E-state index in [1.807, 2.05) is 12.1 Å². The summed E-state index contributed by atoms with van der Waals surface area (Å²) in [4.78, 5) is 14.0. The van der Waals surface area contributed by atoms with E-state index in [9.17, 15) is 9.90 Å². The number of rotatable bonds is 5. The number of carbonyl (C=O) groups excluding carboxylic acids is 1. The van der Waals surface area contributed by atoms with E-state index in [4.69, 9.17) is 21.1 Å². The minimum Gasteiger partial charge on any atom is -0.507 e. The number of nitrogens with zero attached hydrogens (tertiary/aromatic N) is 1.